The van der Waals surface area contributed by atoms with Gasteiger partial charge in [-0.05, 0) is 18.6 Å². The van der Waals surface area contributed by atoms with Crippen molar-refractivity contribution in [2.24, 2.45) is 0 Å². The molecular formula is C22H24Cl2F2N8O2. The maximum Gasteiger partial charge on any atom is 0.296 e. The molecule has 2 aliphatic heterocycles. The van der Waals surface area contributed by atoms with Crippen LogP contribution in [-0.4, -0.2) is 92.6 Å². The van der Waals surface area contributed by atoms with Gasteiger partial charge >= 0.3 is 0 Å². The van der Waals surface area contributed by atoms with Crippen molar-refractivity contribution in [3.63, 3.8) is 0 Å². The lowest BCUT2D eigenvalue weighted by atomic mass is 10.2. The quantitative estimate of drug-likeness (QED) is 0.456. The van der Waals surface area contributed by atoms with Crippen LogP contribution in [0.3, 0.4) is 0 Å². The molecule has 3 aromatic rings. The number of piperazine rings is 1. The fourth-order valence-electron chi connectivity index (χ4n) is 4.37. The highest BCUT2D eigenvalue weighted by Gasteiger charge is 2.29. The van der Waals surface area contributed by atoms with Crippen molar-refractivity contribution in [3.8, 4) is 5.95 Å². The Bertz CT molecular complexity index is 1260. The maximum absolute atomic E-state index is 14.1. The van der Waals surface area contributed by atoms with Gasteiger partial charge in [-0.1, -0.05) is 35.3 Å². The fraction of sp³-hybridized carbons (Fsp3) is 0.500. The topological polar surface area (TPSA) is 92.5 Å². The molecule has 36 heavy (non-hydrogen) atoms. The van der Waals surface area contributed by atoms with Crippen LogP contribution in [0.4, 0.5) is 20.7 Å². The number of para-hydroxylation sites is 1. The molecule has 2 saturated heterocycles. The number of alkyl halides is 4. The first-order chi connectivity index (χ1) is 17.3. The number of imidazole rings is 1. The number of benzene rings is 1. The normalized spacial score (nSPS) is 17.0. The van der Waals surface area contributed by atoms with E-state index in [0.29, 0.717) is 75.4 Å². The minimum atomic E-state index is -2.84. The zero-order valence-corrected chi connectivity index (χ0v) is 21.0. The predicted molar refractivity (Wildman–Crippen MR) is 131 cm³/mol. The van der Waals surface area contributed by atoms with E-state index in [9.17, 15) is 13.6 Å². The zero-order valence-electron chi connectivity index (χ0n) is 19.4. The minimum Gasteiger partial charge on any atom is -0.378 e. The van der Waals surface area contributed by atoms with Gasteiger partial charge in [0.1, 0.15) is 0 Å². The summed E-state index contributed by atoms with van der Waals surface area (Å²) < 4.78 is 35.0. The van der Waals surface area contributed by atoms with Crippen LogP contribution in [0.1, 0.15) is 17.8 Å². The molecule has 0 atom stereocenters. The number of nitrogens with zero attached hydrogens (tertiary/aromatic N) is 8. The number of hydrogen-bond acceptors (Lipinski definition) is 8. The first kappa shape index (κ1) is 24.8. The van der Waals surface area contributed by atoms with E-state index in [1.165, 1.54) is 4.57 Å². The number of aryl methyl sites for hydroxylation is 1. The molecule has 1 amide bonds. The Hall–Kier alpha value is -2.83. The second kappa shape index (κ2) is 10.3. The van der Waals surface area contributed by atoms with Crippen molar-refractivity contribution in [1.29, 1.82) is 0 Å². The van der Waals surface area contributed by atoms with Crippen molar-refractivity contribution in [2.75, 3.05) is 62.3 Å². The van der Waals surface area contributed by atoms with E-state index in [0.717, 1.165) is 5.56 Å². The summed E-state index contributed by atoms with van der Waals surface area (Å²) in [6, 6.07) is 5.32. The molecule has 5 rings (SSSR count). The number of halogens is 4. The molecule has 14 heteroatoms. The smallest absolute Gasteiger partial charge is 0.296 e. The molecule has 0 bridgehead atoms. The van der Waals surface area contributed by atoms with Gasteiger partial charge in [0.2, 0.25) is 17.8 Å². The van der Waals surface area contributed by atoms with E-state index in [1.807, 2.05) is 22.8 Å². The summed E-state index contributed by atoms with van der Waals surface area (Å²) in [5.74, 6) is -0.0325. The van der Waals surface area contributed by atoms with Gasteiger partial charge < -0.3 is 19.4 Å². The molecule has 2 fully saturated rings. The predicted octanol–water partition coefficient (Wildman–Crippen LogP) is 2.75. The molecule has 192 valence electrons. The van der Waals surface area contributed by atoms with Gasteiger partial charge in [-0.25, -0.2) is 13.8 Å². The van der Waals surface area contributed by atoms with E-state index in [-0.39, 0.29) is 11.9 Å². The van der Waals surface area contributed by atoms with Crippen LogP contribution < -0.4 is 9.80 Å². The number of ether oxygens (including phenoxy) is 1. The summed E-state index contributed by atoms with van der Waals surface area (Å²) in [4.78, 5) is 34.5. The van der Waals surface area contributed by atoms with Gasteiger partial charge in [0.15, 0.2) is 10.7 Å². The monoisotopic (exact) mass is 540 g/mol. The highest BCUT2D eigenvalue weighted by Crippen LogP contribution is 2.29. The summed E-state index contributed by atoms with van der Waals surface area (Å²) in [5, 5.41) is 0. The number of morpholine rings is 1. The van der Waals surface area contributed by atoms with Gasteiger partial charge in [-0.3, -0.25) is 9.36 Å². The molecule has 0 radical (unpaired) electrons. The molecule has 0 N–H and O–H groups in total. The molecule has 0 saturated carbocycles. The third-order valence-corrected chi connectivity index (χ3v) is 6.64. The molecule has 0 spiro atoms. The van der Waals surface area contributed by atoms with E-state index in [2.05, 4.69) is 19.9 Å². The van der Waals surface area contributed by atoms with Gasteiger partial charge in [0.25, 0.3) is 12.3 Å². The lowest BCUT2D eigenvalue weighted by molar-refractivity contribution is -0.129. The highest BCUT2D eigenvalue weighted by atomic mass is 35.5. The summed E-state index contributed by atoms with van der Waals surface area (Å²) in [6.45, 7) is 5.53. The van der Waals surface area contributed by atoms with Crippen molar-refractivity contribution in [2.45, 2.75) is 18.2 Å². The van der Waals surface area contributed by atoms with Crippen molar-refractivity contribution >= 4 is 52.0 Å². The first-order valence-corrected chi connectivity index (χ1v) is 12.4. The second-order valence-corrected chi connectivity index (χ2v) is 9.59. The molecule has 10 nitrogen and oxygen atoms in total. The molecule has 2 aliphatic rings. The third kappa shape index (κ3) is 4.76. The standard InChI is InChI=1S/C22H24Cl2F2N8O2/c1-13-3-2-4-14-15(13)27-18(17(25)26)34(14)22-29-20(28-21(30-22)33-9-11-36-12-10-33)32-7-5-31(6-8-32)19(35)16(23)24/h2-4,16-17H,5-12H2,1H3. The SMILES string of the molecule is Cc1cccc2c1nc(C(F)F)n2-c1nc(N2CCOCC2)nc(N2CCN(C(=O)C(Cl)Cl)CC2)n1. The van der Waals surface area contributed by atoms with Crippen LogP contribution >= 0.6 is 23.2 Å². The molecular weight excluding hydrogens is 517 g/mol. The largest absolute Gasteiger partial charge is 0.378 e. The summed E-state index contributed by atoms with van der Waals surface area (Å²) >= 11 is 11.5. The van der Waals surface area contributed by atoms with Crippen LogP contribution in [-0.2, 0) is 9.53 Å². The minimum absolute atomic E-state index is 0.0602. The average molecular weight is 541 g/mol. The van der Waals surface area contributed by atoms with Gasteiger partial charge in [-0.2, -0.15) is 15.0 Å². The number of carbonyl (C=O) groups is 1. The first-order valence-electron chi connectivity index (χ1n) is 11.5. The number of rotatable bonds is 5. The van der Waals surface area contributed by atoms with E-state index in [4.69, 9.17) is 27.9 Å². The third-order valence-electron chi connectivity index (χ3n) is 6.26. The van der Waals surface area contributed by atoms with Crippen LogP contribution in [0.2, 0.25) is 0 Å². The Labute approximate surface area is 215 Å². The maximum atomic E-state index is 14.1. The van der Waals surface area contributed by atoms with Crippen LogP contribution in [0.25, 0.3) is 17.0 Å². The number of fused-ring (bicyclic) bond motifs is 1. The molecule has 0 aliphatic carbocycles. The number of hydrogen-bond donors (Lipinski definition) is 0. The Kier molecular flexibility index (Phi) is 7.09. The molecule has 0 unspecified atom stereocenters. The van der Waals surface area contributed by atoms with Crippen LogP contribution in [0.15, 0.2) is 18.2 Å². The zero-order chi connectivity index (χ0) is 25.4. The van der Waals surface area contributed by atoms with E-state index >= 15 is 0 Å². The van der Waals surface area contributed by atoms with Gasteiger partial charge in [0, 0.05) is 39.3 Å². The van der Waals surface area contributed by atoms with Crippen molar-refractivity contribution in [1.82, 2.24) is 29.4 Å². The molecule has 1 aromatic carbocycles. The molecule has 4 heterocycles. The Morgan fingerprint density at radius 2 is 1.53 bits per heavy atom. The van der Waals surface area contributed by atoms with Crippen LogP contribution in [0.5, 0.6) is 0 Å². The number of aromatic nitrogens is 5. The van der Waals surface area contributed by atoms with E-state index in [1.54, 1.807) is 17.0 Å². The van der Waals surface area contributed by atoms with Crippen molar-refractivity contribution < 1.29 is 18.3 Å². The summed E-state index contributed by atoms with van der Waals surface area (Å²) in [7, 11) is 0. The summed E-state index contributed by atoms with van der Waals surface area (Å²) in [6.07, 6.45) is -2.84. The second-order valence-electron chi connectivity index (χ2n) is 8.50. The van der Waals surface area contributed by atoms with Crippen molar-refractivity contribution in [3.05, 3.63) is 29.6 Å². The van der Waals surface area contributed by atoms with Gasteiger partial charge in [0.05, 0.1) is 24.2 Å². The number of anilines is 2. The van der Waals surface area contributed by atoms with Crippen LogP contribution in [0, 0.1) is 6.92 Å². The lowest BCUT2D eigenvalue weighted by Gasteiger charge is -2.35. The number of carbonyl (C=O) groups excluding carboxylic acids is 1. The Balaban J connectivity index is 1.58. The van der Waals surface area contributed by atoms with E-state index < -0.39 is 17.1 Å². The Morgan fingerprint density at radius 1 is 0.917 bits per heavy atom. The summed E-state index contributed by atoms with van der Waals surface area (Å²) in [5.41, 5.74) is 1.72. The number of amides is 1. The molecule has 2 aromatic heterocycles. The average Bonchev–Trinajstić information content (AvgIpc) is 3.30. The highest BCUT2D eigenvalue weighted by molar-refractivity contribution is 6.53. The Morgan fingerprint density at radius 3 is 2.14 bits per heavy atom. The van der Waals surface area contributed by atoms with Gasteiger partial charge in [-0.15, -0.1) is 0 Å². The fourth-order valence-corrected chi connectivity index (χ4v) is 4.64. The lowest BCUT2D eigenvalue weighted by Crippen LogP contribution is -2.50.